The number of benzene rings is 1. The molecule has 96 valence electrons. The fourth-order valence-corrected chi connectivity index (χ4v) is 1.39. The van der Waals surface area contributed by atoms with Crippen molar-refractivity contribution in [2.45, 2.75) is 6.42 Å². The first kappa shape index (κ1) is 12.2. The number of hydrogen-bond acceptors (Lipinski definition) is 6. The summed E-state index contributed by atoms with van der Waals surface area (Å²) in [4.78, 5) is 1.76. The highest BCUT2D eigenvalue weighted by molar-refractivity contribution is 5.43. The highest BCUT2D eigenvalue weighted by Gasteiger charge is 2.07. The average molecular weight is 248 g/mol. The molecule has 2 N–H and O–H groups in total. The van der Waals surface area contributed by atoms with Crippen LogP contribution in [0.1, 0.15) is 5.89 Å². The number of aromatic nitrogens is 2. The molecule has 0 aliphatic heterocycles. The van der Waals surface area contributed by atoms with Crippen molar-refractivity contribution in [2.24, 2.45) is 0 Å². The zero-order valence-electron chi connectivity index (χ0n) is 10.5. The van der Waals surface area contributed by atoms with Crippen molar-refractivity contribution in [3.05, 3.63) is 30.2 Å². The number of rotatable bonds is 5. The monoisotopic (exact) mass is 248 g/mol. The SMILES string of the molecule is CN(C)c1nnc(CCOc2cccc(N)c2)o1. The molecule has 18 heavy (non-hydrogen) atoms. The normalized spacial score (nSPS) is 10.3. The van der Waals surface area contributed by atoms with Crippen LogP contribution in [0.15, 0.2) is 28.7 Å². The molecule has 0 amide bonds. The third-order valence-corrected chi connectivity index (χ3v) is 2.28. The molecular weight excluding hydrogens is 232 g/mol. The summed E-state index contributed by atoms with van der Waals surface area (Å²) in [5.41, 5.74) is 6.33. The quantitative estimate of drug-likeness (QED) is 0.804. The van der Waals surface area contributed by atoms with Crippen molar-refractivity contribution in [3.63, 3.8) is 0 Å². The maximum Gasteiger partial charge on any atom is 0.317 e. The summed E-state index contributed by atoms with van der Waals surface area (Å²) in [6.45, 7) is 0.471. The van der Waals surface area contributed by atoms with Gasteiger partial charge >= 0.3 is 6.01 Å². The Morgan fingerprint density at radius 2 is 2.17 bits per heavy atom. The van der Waals surface area contributed by atoms with Gasteiger partial charge in [-0.2, -0.15) is 0 Å². The van der Waals surface area contributed by atoms with Crippen LogP contribution in [0.2, 0.25) is 0 Å². The van der Waals surface area contributed by atoms with Crippen LogP contribution < -0.4 is 15.4 Å². The lowest BCUT2D eigenvalue weighted by Crippen LogP contribution is -2.08. The van der Waals surface area contributed by atoms with Crippen molar-refractivity contribution >= 4 is 11.7 Å². The molecule has 6 nitrogen and oxygen atoms in total. The number of ether oxygens (including phenoxy) is 1. The lowest BCUT2D eigenvalue weighted by atomic mass is 10.3. The molecule has 0 aliphatic carbocycles. The van der Waals surface area contributed by atoms with Gasteiger partial charge < -0.3 is 19.8 Å². The smallest absolute Gasteiger partial charge is 0.317 e. The second kappa shape index (κ2) is 5.39. The van der Waals surface area contributed by atoms with Crippen molar-refractivity contribution in [1.82, 2.24) is 10.2 Å². The summed E-state index contributed by atoms with van der Waals surface area (Å²) < 4.78 is 10.9. The van der Waals surface area contributed by atoms with Crippen molar-refractivity contribution < 1.29 is 9.15 Å². The van der Waals surface area contributed by atoms with E-state index in [1.54, 1.807) is 11.0 Å². The minimum atomic E-state index is 0.471. The van der Waals surface area contributed by atoms with E-state index in [0.717, 1.165) is 5.75 Å². The Labute approximate surface area is 105 Å². The number of nitrogens with two attached hydrogens (primary N) is 1. The summed E-state index contributed by atoms with van der Waals surface area (Å²) in [5, 5.41) is 7.81. The van der Waals surface area contributed by atoms with Crippen molar-refractivity contribution in [3.8, 4) is 5.75 Å². The van der Waals surface area contributed by atoms with E-state index in [2.05, 4.69) is 10.2 Å². The van der Waals surface area contributed by atoms with Crippen LogP contribution >= 0.6 is 0 Å². The molecule has 0 atom stereocenters. The summed E-state index contributed by atoms with van der Waals surface area (Å²) >= 11 is 0. The average Bonchev–Trinajstić information content (AvgIpc) is 2.78. The summed E-state index contributed by atoms with van der Waals surface area (Å²) in [7, 11) is 3.70. The van der Waals surface area contributed by atoms with E-state index in [-0.39, 0.29) is 0 Å². The van der Waals surface area contributed by atoms with Gasteiger partial charge in [-0.3, -0.25) is 0 Å². The maximum absolute atomic E-state index is 5.65. The maximum atomic E-state index is 5.65. The van der Waals surface area contributed by atoms with Crippen LogP contribution in [0.5, 0.6) is 5.75 Å². The Hall–Kier alpha value is -2.24. The van der Waals surface area contributed by atoms with Gasteiger partial charge in [0, 0.05) is 25.8 Å². The Bertz CT molecular complexity index is 510. The van der Waals surface area contributed by atoms with Gasteiger partial charge in [-0.15, -0.1) is 5.10 Å². The van der Waals surface area contributed by atoms with Crippen LogP contribution in [-0.2, 0) is 6.42 Å². The van der Waals surface area contributed by atoms with Crippen LogP contribution in [-0.4, -0.2) is 30.9 Å². The minimum absolute atomic E-state index is 0.471. The van der Waals surface area contributed by atoms with E-state index < -0.39 is 0 Å². The van der Waals surface area contributed by atoms with Crippen LogP contribution in [0.25, 0.3) is 0 Å². The van der Waals surface area contributed by atoms with Crippen LogP contribution in [0.4, 0.5) is 11.7 Å². The van der Waals surface area contributed by atoms with Gasteiger partial charge in [0.2, 0.25) is 5.89 Å². The van der Waals surface area contributed by atoms with Crippen LogP contribution in [0.3, 0.4) is 0 Å². The Balaban J connectivity index is 1.84. The molecule has 0 spiro atoms. The van der Waals surface area contributed by atoms with Gasteiger partial charge in [0.05, 0.1) is 13.0 Å². The van der Waals surface area contributed by atoms with Crippen LogP contribution in [0, 0.1) is 0 Å². The molecule has 1 heterocycles. The predicted octanol–water partition coefficient (Wildman–Crippen LogP) is 1.34. The largest absolute Gasteiger partial charge is 0.493 e. The lowest BCUT2D eigenvalue weighted by Gasteiger charge is -2.05. The molecule has 2 aromatic rings. The summed E-state index contributed by atoms with van der Waals surface area (Å²) in [6, 6.07) is 7.79. The molecule has 0 bridgehead atoms. The molecule has 0 fully saturated rings. The van der Waals surface area contributed by atoms with Gasteiger partial charge in [0.1, 0.15) is 5.75 Å². The van der Waals surface area contributed by atoms with Gasteiger partial charge in [0.15, 0.2) is 0 Å². The highest BCUT2D eigenvalue weighted by atomic mass is 16.5. The molecule has 1 aromatic carbocycles. The topological polar surface area (TPSA) is 77.4 Å². The number of anilines is 2. The number of nitrogen functional groups attached to an aromatic ring is 1. The molecule has 0 aliphatic rings. The fourth-order valence-electron chi connectivity index (χ4n) is 1.39. The highest BCUT2D eigenvalue weighted by Crippen LogP contribution is 2.15. The lowest BCUT2D eigenvalue weighted by molar-refractivity contribution is 0.307. The van der Waals surface area contributed by atoms with Crippen molar-refractivity contribution in [1.29, 1.82) is 0 Å². The molecule has 0 radical (unpaired) electrons. The van der Waals surface area contributed by atoms with E-state index in [1.165, 1.54) is 0 Å². The third kappa shape index (κ3) is 3.13. The minimum Gasteiger partial charge on any atom is -0.493 e. The van der Waals surface area contributed by atoms with Gasteiger partial charge in [-0.25, -0.2) is 0 Å². The van der Waals surface area contributed by atoms with E-state index >= 15 is 0 Å². The van der Waals surface area contributed by atoms with Gasteiger partial charge in [-0.1, -0.05) is 11.2 Å². The first-order chi connectivity index (χ1) is 8.65. The van der Waals surface area contributed by atoms with Gasteiger partial charge in [0.25, 0.3) is 0 Å². The number of nitrogens with zero attached hydrogens (tertiary/aromatic N) is 3. The van der Waals surface area contributed by atoms with E-state index in [4.69, 9.17) is 14.9 Å². The first-order valence-corrected chi connectivity index (χ1v) is 5.63. The molecule has 6 heteroatoms. The summed E-state index contributed by atoms with van der Waals surface area (Å²) in [6.07, 6.45) is 0.565. The number of hydrogen-bond donors (Lipinski definition) is 1. The zero-order chi connectivity index (χ0) is 13.0. The predicted molar refractivity (Wildman–Crippen MR) is 68.7 cm³/mol. The zero-order valence-corrected chi connectivity index (χ0v) is 10.5. The standard InChI is InChI=1S/C12H16N4O2/c1-16(2)12-15-14-11(18-12)6-7-17-10-5-3-4-9(13)8-10/h3-5,8H,6-7,13H2,1-2H3. The van der Waals surface area contributed by atoms with Crippen molar-refractivity contribution in [2.75, 3.05) is 31.3 Å². The molecule has 1 aromatic heterocycles. The van der Waals surface area contributed by atoms with Gasteiger partial charge in [-0.05, 0) is 12.1 Å². The molecule has 2 rings (SSSR count). The molecule has 0 unspecified atom stereocenters. The second-order valence-electron chi connectivity index (χ2n) is 4.04. The van der Waals surface area contributed by atoms with E-state index in [0.29, 0.717) is 30.6 Å². The second-order valence-corrected chi connectivity index (χ2v) is 4.04. The van der Waals surface area contributed by atoms with E-state index in [9.17, 15) is 0 Å². The molecule has 0 saturated heterocycles. The molecule has 0 saturated carbocycles. The van der Waals surface area contributed by atoms with E-state index in [1.807, 2.05) is 32.3 Å². The summed E-state index contributed by atoms with van der Waals surface area (Å²) in [5.74, 6) is 1.30. The third-order valence-electron chi connectivity index (χ3n) is 2.28. The Morgan fingerprint density at radius 1 is 1.33 bits per heavy atom. The Morgan fingerprint density at radius 3 is 2.83 bits per heavy atom. The first-order valence-electron chi connectivity index (χ1n) is 5.63. The molecular formula is C12H16N4O2. The fraction of sp³-hybridized carbons (Fsp3) is 0.333. The Kier molecular flexibility index (Phi) is 3.66.